The predicted molar refractivity (Wildman–Crippen MR) is 158 cm³/mol. The molecule has 1 fully saturated rings. The number of alkyl carbamates (subject to hydrolysis) is 1. The van der Waals surface area contributed by atoms with Gasteiger partial charge in [-0.1, -0.05) is 49.4 Å². The van der Waals surface area contributed by atoms with Crippen molar-refractivity contribution in [3.8, 4) is 5.75 Å². The van der Waals surface area contributed by atoms with E-state index in [9.17, 15) is 19.2 Å². The predicted octanol–water partition coefficient (Wildman–Crippen LogP) is 4.01. The Labute approximate surface area is 248 Å². The molecule has 3 rings (SSSR count). The quantitative estimate of drug-likeness (QED) is 0.208. The van der Waals surface area contributed by atoms with E-state index in [-0.39, 0.29) is 18.9 Å². The second-order valence-electron chi connectivity index (χ2n) is 11.5. The van der Waals surface area contributed by atoms with E-state index < -0.39 is 41.1 Å². The summed E-state index contributed by atoms with van der Waals surface area (Å²) in [5.74, 6) is -1.04. The highest BCUT2D eigenvalue weighted by atomic mass is 16.6. The summed E-state index contributed by atoms with van der Waals surface area (Å²) in [5.41, 5.74) is -0.0884. The second-order valence-corrected chi connectivity index (χ2v) is 11.5. The average Bonchev–Trinajstić information content (AvgIpc) is 2.96. The summed E-state index contributed by atoms with van der Waals surface area (Å²) in [6, 6.07) is 15.7. The molecule has 0 unspecified atom stereocenters. The molecule has 0 bridgehead atoms. The fourth-order valence-corrected chi connectivity index (χ4v) is 5.21. The van der Waals surface area contributed by atoms with Gasteiger partial charge in [0.25, 0.3) is 0 Å². The van der Waals surface area contributed by atoms with Crippen LogP contribution in [0.4, 0.5) is 4.79 Å². The lowest BCUT2D eigenvalue weighted by atomic mass is 9.69. The van der Waals surface area contributed by atoms with Gasteiger partial charge in [-0.25, -0.2) is 9.59 Å². The van der Waals surface area contributed by atoms with Gasteiger partial charge in [-0.3, -0.25) is 9.59 Å². The van der Waals surface area contributed by atoms with Crippen molar-refractivity contribution < 1.29 is 33.4 Å². The van der Waals surface area contributed by atoms with Crippen molar-refractivity contribution in [3.05, 3.63) is 65.7 Å². The number of unbranched alkanes of at least 4 members (excludes halogenated alkanes) is 1. The number of hydrogen-bond acceptors (Lipinski definition) is 7. The van der Waals surface area contributed by atoms with Gasteiger partial charge < -0.3 is 29.7 Å². The number of nitrogens with one attached hydrogen (secondary N) is 2. The monoisotopic (exact) mass is 581 g/mol. The SMILES string of the molecule is COC(=O)[C@H](Cc1ccccc1)NC(=O)[C@@]1(CCCCNC(=O)OC(C)(C)C)[C@@H](C)C(=O)N1Cc1ccc(OC)cc1. The first-order chi connectivity index (χ1) is 19.9. The first kappa shape index (κ1) is 32.4. The highest BCUT2D eigenvalue weighted by molar-refractivity contribution is 6.04. The van der Waals surface area contributed by atoms with Crippen LogP contribution in [0, 0.1) is 5.92 Å². The highest BCUT2D eigenvalue weighted by Gasteiger charge is 2.62. The van der Waals surface area contributed by atoms with E-state index in [0.717, 1.165) is 11.1 Å². The summed E-state index contributed by atoms with van der Waals surface area (Å²) in [7, 11) is 2.86. The van der Waals surface area contributed by atoms with Crippen molar-refractivity contribution in [2.24, 2.45) is 5.92 Å². The summed E-state index contributed by atoms with van der Waals surface area (Å²) in [6.07, 6.45) is 1.19. The number of hydrogen-bond donors (Lipinski definition) is 2. The van der Waals surface area contributed by atoms with Crippen LogP contribution in [0.15, 0.2) is 54.6 Å². The van der Waals surface area contributed by atoms with Crippen molar-refractivity contribution in [2.75, 3.05) is 20.8 Å². The summed E-state index contributed by atoms with van der Waals surface area (Å²) in [6.45, 7) is 7.70. The van der Waals surface area contributed by atoms with Crippen molar-refractivity contribution in [1.82, 2.24) is 15.5 Å². The number of amides is 3. The normalized spacial score (nSPS) is 18.9. The fraction of sp³-hybridized carbons (Fsp3) is 0.500. The maximum Gasteiger partial charge on any atom is 0.407 e. The number of benzene rings is 2. The Morgan fingerprint density at radius 3 is 2.24 bits per heavy atom. The minimum Gasteiger partial charge on any atom is -0.497 e. The molecule has 1 aliphatic heterocycles. The number of carbonyl (C=O) groups is 4. The van der Waals surface area contributed by atoms with E-state index in [1.54, 1.807) is 51.8 Å². The highest BCUT2D eigenvalue weighted by Crippen LogP contribution is 2.43. The number of carbonyl (C=O) groups excluding carboxylic acids is 4. The van der Waals surface area contributed by atoms with Crippen molar-refractivity contribution in [1.29, 1.82) is 0 Å². The van der Waals surface area contributed by atoms with Gasteiger partial charge in [0, 0.05) is 19.5 Å². The zero-order chi connectivity index (χ0) is 30.9. The molecule has 10 heteroatoms. The Bertz CT molecular complexity index is 1230. The smallest absolute Gasteiger partial charge is 0.407 e. The van der Waals surface area contributed by atoms with Gasteiger partial charge in [-0.05, 0) is 63.3 Å². The molecule has 0 aliphatic carbocycles. The number of methoxy groups -OCH3 is 2. The maximum atomic E-state index is 14.1. The van der Waals surface area contributed by atoms with Crippen LogP contribution >= 0.6 is 0 Å². The summed E-state index contributed by atoms with van der Waals surface area (Å²) in [4.78, 5) is 53.8. The number of esters is 1. The third kappa shape index (κ3) is 8.02. The Balaban J connectivity index is 1.81. The van der Waals surface area contributed by atoms with Crippen LogP contribution in [0.5, 0.6) is 5.75 Å². The van der Waals surface area contributed by atoms with Crippen molar-refractivity contribution in [2.45, 2.75) is 77.1 Å². The maximum absolute atomic E-state index is 14.1. The molecular weight excluding hydrogens is 538 g/mol. The molecule has 42 heavy (non-hydrogen) atoms. The van der Waals surface area contributed by atoms with E-state index in [2.05, 4.69) is 10.6 Å². The number of likely N-dealkylation sites (tertiary alicyclic amines) is 1. The third-order valence-corrected chi connectivity index (χ3v) is 7.45. The number of β-lactam (4-membered cyclic amide) rings is 1. The molecule has 0 spiro atoms. The van der Waals surface area contributed by atoms with E-state index in [0.29, 0.717) is 31.6 Å². The Morgan fingerprint density at radius 1 is 0.976 bits per heavy atom. The van der Waals surface area contributed by atoms with Gasteiger partial charge in [0.05, 0.1) is 20.1 Å². The number of nitrogens with zero attached hydrogens (tertiary/aromatic N) is 1. The van der Waals surface area contributed by atoms with Crippen LogP contribution in [-0.4, -0.2) is 66.7 Å². The van der Waals surface area contributed by atoms with E-state index >= 15 is 0 Å². The van der Waals surface area contributed by atoms with Crippen LogP contribution in [0.2, 0.25) is 0 Å². The molecular formula is C32H43N3O7. The van der Waals surface area contributed by atoms with Crippen LogP contribution in [0.3, 0.4) is 0 Å². The van der Waals surface area contributed by atoms with Gasteiger partial charge in [-0.2, -0.15) is 0 Å². The number of ether oxygens (including phenoxy) is 3. The third-order valence-electron chi connectivity index (χ3n) is 7.45. The lowest BCUT2D eigenvalue weighted by Crippen LogP contribution is -2.76. The molecule has 3 amide bonds. The Kier molecular flexibility index (Phi) is 11.0. The zero-order valence-corrected chi connectivity index (χ0v) is 25.4. The molecule has 10 nitrogen and oxygen atoms in total. The Hall–Kier alpha value is -4.08. The lowest BCUT2D eigenvalue weighted by Gasteiger charge is -2.55. The van der Waals surface area contributed by atoms with Gasteiger partial charge in [0.1, 0.15) is 22.9 Å². The van der Waals surface area contributed by atoms with Crippen molar-refractivity contribution in [3.63, 3.8) is 0 Å². The van der Waals surface area contributed by atoms with E-state index in [1.807, 2.05) is 42.5 Å². The zero-order valence-electron chi connectivity index (χ0n) is 25.4. The van der Waals surface area contributed by atoms with Crippen LogP contribution in [0.25, 0.3) is 0 Å². The lowest BCUT2D eigenvalue weighted by molar-refractivity contribution is -0.181. The van der Waals surface area contributed by atoms with Crippen LogP contribution < -0.4 is 15.4 Å². The number of rotatable bonds is 13. The fourth-order valence-electron chi connectivity index (χ4n) is 5.21. The van der Waals surface area contributed by atoms with Gasteiger partial charge in [-0.15, -0.1) is 0 Å². The molecule has 0 saturated carbocycles. The van der Waals surface area contributed by atoms with E-state index in [1.165, 1.54) is 7.11 Å². The molecule has 228 valence electrons. The van der Waals surface area contributed by atoms with Gasteiger partial charge >= 0.3 is 12.1 Å². The van der Waals surface area contributed by atoms with Crippen LogP contribution in [-0.2, 0) is 36.8 Å². The summed E-state index contributed by atoms with van der Waals surface area (Å²) < 4.78 is 15.6. The first-order valence-corrected chi connectivity index (χ1v) is 14.2. The largest absolute Gasteiger partial charge is 0.497 e. The molecule has 3 atom stereocenters. The van der Waals surface area contributed by atoms with Gasteiger partial charge in [0.2, 0.25) is 11.8 Å². The minimum atomic E-state index is -1.19. The molecule has 1 heterocycles. The first-order valence-electron chi connectivity index (χ1n) is 14.2. The molecule has 0 aromatic heterocycles. The minimum absolute atomic E-state index is 0.148. The topological polar surface area (TPSA) is 123 Å². The molecule has 0 radical (unpaired) electrons. The standard InChI is InChI=1S/C32H43N3O7/c1-22-27(36)35(21-24-14-16-25(40-5)17-15-24)32(22,18-10-11-19-33-30(39)42-31(2,3)4)29(38)34-26(28(37)41-6)20-23-12-8-7-9-13-23/h7-9,12-17,22,26H,10-11,18-21H2,1-6H3,(H,33,39)(H,34,38)/t22-,26-,32+/m0/s1. The Morgan fingerprint density at radius 2 is 1.64 bits per heavy atom. The van der Waals surface area contributed by atoms with E-state index in [4.69, 9.17) is 14.2 Å². The molecule has 2 aromatic rings. The van der Waals surface area contributed by atoms with Gasteiger partial charge in [0.15, 0.2) is 0 Å². The summed E-state index contributed by atoms with van der Waals surface area (Å²) in [5, 5.41) is 5.65. The van der Waals surface area contributed by atoms with Crippen molar-refractivity contribution >= 4 is 23.9 Å². The molecule has 2 aromatic carbocycles. The molecule has 1 saturated heterocycles. The molecule has 2 N–H and O–H groups in total. The summed E-state index contributed by atoms with van der Waals surface area (Å²) >= 11 is 0. The average molecular weight is 582 g/mol. The van der Waals surface area contributed by atoms with Crippen LogP contribution in [0.1, 0.15) is 58.1 Å². The second kappa shape index (κ2) is 14.2. The molecule has 1 aliphatic rings.